The summed E-state index contributed by atoms with van der Waals surface area (Å²) in [7, 11) is -3.94. The first-order chi connectivity index (χ1) is 14.2. The number of anilines is 1. The fourth-order valence-corrected chi connectivity index (χ4v) is 4.33. The van der Waals surface area contributed by atoms with Gasteiger partial charge in [0.1, 0.15) is 0 Å². The molecule has 1 saturated heterocycles. The van der Waals surface area contributed by atoms with Gasteiger partial charge in [0.05, 0.1) is 10.8 Å². The van der Waals surface area contributed by atoms with Gasteiger partial charge in [-0.2, -0.15) is 0 Å². The second-order valence-electron chi connectivity index (χ2n) is 6.94. The first kappa shape index (κ1) is 21.8. The van der Waals surface area contributed by atoms with Crippen molar-refractivity contribution in [3.05, 3.63) is 59.1 Å². The number of likely N-dealkylation sites (tertiary alicyclic amines) is 1. The molecule has 0 unspecified atom stereocenters. The Morgan fingerprint density at radius 1 is 1.13 bits per heavy atom. The van der Waals surface area contributed by atoms with Gasteiger partial charge in [0.15, 0.2) is 0 Å². The number of halogens is 1. The Hall–Kier alpha value is -2.91. The summed E-state index contributed by atoms with van der Waals surface area (Å²) in [6, 6.07) is 12.6. The summed E-state index contributed by atoms with van der Waals surface area (Å²) < 4.78 is 25.8. The monoisotopic (exact) mass is 449 g/mol. The fourth-order valence-electron chi connectivity index (χ4n) is 3.14. The molecular weight excluding hydrogens is 430 g/mol. The summed E-state index contributed by atoms with van der Waals surface area (Å²) in [4.78, 5) is 37.3. The molecule has 10 heteroatoms. The van der Waals surface area contributed by atoms with Crippen LogP contribution in [0.2, 0.25) is 5.02 Å². The molecule has 0 aliphatic carbocycles. The lowest BCUT2D eigenvalue weighted by Crippen LogP contribution is -2.28. The largest absolute Gasteiger partial charge is 0.337 e. The van der Waals surface area contributed by atoms with Crippen molar-refractivity contribution in [1.82, 2.24) is 9.62 Å². The highest BCUT2D eigenvalue weighted by Crippen LogP contribution is 2.25. The molecule has 2 aromatic rings. The Morgan fingerprint density at radius 2 is 1.80 bits per heavy atom. The van der Waals surface area contributed by atoms with Gasteiger partial charge in [-0.15, -0.1) is 0 Å². The second kappa shape index (κ2) is 8.85. The van der Waals surface area contributed by atoms with Crippen LogP contribution in [0, 0.1) is 5.92 Å². The van der Waals surface area contributed by atoms with Crippen molar-refractivity contribution >= 4 is 45.0 Å². The highest BCUT2D eigenvalue weighted by Gasteiger charge is 2.34. The number of sulfonamides is 1. The third-order valence-corrected chi connectivity index (χ3v) is 6.43. The van der Waals surface area contributed by atoms with Crippen molar-refractivity contribution < 1.29 is 22.8 Å². The first-order valence-corrected chi connectivity index (χ1v) is 11.0. The molecular formula is C20H20ClN3O5S. The van der Waals surface area contributed by atoms with Crippen LogP contribution in [0.1, 0.15) is 18.9 Å². The van der Waals surface area contributed by atoms with Crippen LogP contribution in [-0.2, 0) is 31.0 Å². The van der Waals surface area contributed by atoms with Crippen LogP contribution in [0.4, 0.5) is 5.69 Å². The van der Waals surface area contributed by atoms with Gasteiger partial charge in [0.25, 0.3) is 10.0 Å². The number of carbonyl (C=O) groups is 3. The number of benzene rings is 2. The quantitative estimate of drug-likeness (QED) is 0.701. The predicted molar refractivity (Wildman–Crippen MR) is 111 cm³/mol. The SMILES string of the molecule is CC(=O)NS(=O)(=O)c1ccc(NC(=O)[C@H]2CC(=O)N(Cc3ccccc3Cl)C2)cc1. The maximum atomic E-state index is 12.6. The van der Waals surface area contributed by atoms with Gasteiger partial charge < -0.3 is 10.2 Å². The average Bonchev–Trinajstić information content (AvgIpc) is 3.04. The molecule has 2 N–H and O–H groups in total. The van der Waals surface area contributed by atoms with Crippen molar-refractivity contribution in [3.8, 4) is 0 Å². The predicted octanol–water partition coefficient (Wildman–Crippen LogP) is 2.15. The van der Waals surface area contributed by atoms with Crippen molar-refractivity contribution in [2.75, 3.05) is 11.9 Å². The lowest BCUT2D eigenvalue weighted by molar-refractivity contribution is -0.128. The lowest BCUT2D eigenvalue weighted by atomic mass is 10.1. The molecule has 0 saturated carbocycles. The van der Waals surface area contributed by atoms with Gasteiger partial charge in [0.2, 0.25) is 17.7 Å². The fraction of sp³-hybridized carbons (Fsp3) is 0.250. The number of nitrogens with one attached hydrogen (secondary N) is 2. The topological polar surface area (TPSA) is 113 Å². The van der Waals surface area contributed by atoms with Crippen LogP contribution >= 0.6 is 11.6 Å². The van der Waals surface area contributed by atoms with Gasteiger partial charge in [-0.25, -0.2) is 13.1 Å². The molecule has 1 aliphatic heterocycles. The molecule has 158 valence electrons. The number of amides is 3. The molecule has 2 aromatic carbocycles. The normalized spacial score (nSPS) is 16.4. The minimum Gasteiger partial charge on any atom is -0.337 e. The van der Waals surface area contributed by atoms with Crippen LogP contribution < -0.4 is 10.0 Å². The maximum absolute atomic E-state index is 12.6. The van der Waals surface area contributed by atoms with Gasteiger partial charge in [-0.1, -0.05) is 29.8 Å². The third kappa shape index (κ3) is 5.17. The number of nitrogens with zero attached hydrogens (tertiary/aromatic N) is 1. The Bertz CT molecular complexity index is 1090. The average molecular weight is 450 g/mol. The Kier molecular flexibility index (Phi) is 6.42. The van der Waals surface area contributed by atoms with Gasteiger partial charge in [-0.05, 0) is 35.9 Å². The smallest absolute Gasteiger partial charge is 0.264 e. The zero-order valence-corrected chi connectivity index (χ0v) is 17.7. The van der Waals surface area contributed by atoms with Crippen LogP contribution in [-0.4, -0.2) is 37.6 Å². The van der Waals surface area contributed by atoms with E-state index in [9.17, 15) is 22.8 Å². The summed E-state index contributed by atoms with van der Waals surface area (Å²) in [6.07, 6.45) is 0.0886. The molecule has 1 atom stereocenters. The maximum Gasteiger partial charge on any atom is 0.264 e. The summed E-state index contributed by atoms with van der Waals surface area (Å²) in [5, 5.41) is 3.26. The molecule has 3 amide bonds. The molecule has 30 heavy (non-hydrogen) atoms. The van der Waals surface area contributed by atoms with E-state index in [1.54, 1.807) is 17.0 Å². The van der Waals surface area contributed by atoms with Crippen LogP contribution in [0.15, 0.2) is 53.4 Å². The van der Waals surface area contributed by atoms with E-state index in [1.165, 1.54) is 24.3 Å². The number of rotatable bonds is 6. The summed E-state index contributed by atoms with van der Waals surface area (Å²) >= 11 is 6.15. The van der Waals surface area contributed by atoms with E-state index >= 15 is 0 Å². The number of hydrogen-bond donors (Lipinski definition) is 2. The molecule has 0 aromatic heterocycles. The molecule has 0 radical (unpaired) electrons. The molecule has 8 nitrogen and oxygen atoms in total. The van der Waals surface area contributed by atoms with E-state index in [1.807, 2.05) is 16.9 Å². The lowest BCUT2D eigenvalue weighted by Gasteiger charge is -2.17. The van der Waals surface area contributed by atoms with Crippen molar-refractivity contribution in [3.63, 3.8) is 0 Å². The highest BCUT2D eigenvalue weighted by atomic mass is 35.5. The van der Waals surface area contributed by atoms with E-state index in [2.05, 4.69) is 5.32 Å². The van der Waals surface area contributed by atoms with E-state index in [4.69, 9.17) is 11.6 Å². The van der Waals surface area contributed by atoms with Crippen molar-refractivity contribution in [2.24, 2.45) is 5.92 Å². The van der Waals surface area contributed by atoms with Crippen LogP contribution in [0.25, 0.3) is 0 Å². The number of hydrogen-bond acceptors (Lipinski definition) is 5. The van der Waals surface area contributed by atoms with Crippen molar-refractivity contribution in [2.45, 2.75) is 24.8 Å². The van der Waals surface area contributed by atoms with Crippen LogP contribution in [0.3, 0.4) is 0 Å². The minimum atomic E-state index is -3.94. The number of carbonyl (C=O) groups excluding carboxylic acids is 3. The van der Waals surface area contributed by atoms with Gasteiger partial charge >= 0.3 is 0 Å². The van der Waals surface area contributed by atoms with Crippen molar-refractivity contribution in [1.29, 1.82) is 0 Å². The Morgan fingerprint density at radius 3 is 2.43 bits per heavy atom. The molecule has 1 aliphatic rings. The van der Waals surface area contributed by atoms with Gasteiger partial charge in [0, 0.05) is 37.1 Å². The molecule has 3 rings (SSSR count). The van der Waals surface area contributed by atoms with E-state index in [-0.39, 0.29) is 29.7 Å². The van der Waals surface area contributed by atoms with Crippen LogP contribution in [0.5, 0.6) is 0 Å². The summed E-state index contributed by atoms with van der Waals surface area (Å²) in [5.41, 5.74) is 1.20. The summed E-state index contributed by atoms with van der Waals surface area (Å²) in [5.74, 6) is -1.68. The molecule has 1 fully saturated rings. The first-order valence-electron chi connectivity index (χ1n) is 9.11. The minimum absolute atomic E-state index is 0.0886. The Balaban J connectivity index is 1.62. The standard InChI is InChI=1S/C20H20ClN3O5S/c1-13(25)23-30(28,29)17-8-6-16(7-9-17)22-20(27)15-10-19(26)24(12-15)11-14-4-2-3-5-18(14)21/h2-9,15H,10-12H2,1H3,(H,22,27)(H,23,25)/t15-/m0/s1. The zero-order chi connectivity index (χ0) is 21.9. The third-order valence-electron chi connectivity index (χ3n) is 4.61. The van der Waals surface area contributed by atoms with E-state index in [0.717, 1.165) is 12.5 Å². The zero-order valence-electron chi connectivity index (χ0n) is 16.1. The Labute approximate surface area is 179 Å². The summed E-state index contributed by atoms with van der Waals surface area (Å²) in [6.45, 7) is 1.70. The van der Waals surface area contributed by atoms with Gasteiger partial charge in [-0.3, -0.25) is 14.4 Å². The van der Waals surface area contributed by atoms with E-state index < -0.39 is 21.8 Å². The molecule has 0 bridgehead atoms. The second-order valence-corrected chi connectivity index (χ2v) is 9.03. The van der Waals surface area contributed by atoms with E-state index in [0.29, 0.717) is 17.3 Å². The molecule has 1 heterocycles. The molecule has 0 spiro atoms. The highest BCUT2D eigenvalue weighted by molar-refractivity contribution is 7.90.